The van der Waals surface area contributed by atoms with Crippen LogP contribution in [0.15, 0.2) is 24.3 Å². The van der Waals surface area contributed by atoms with Crippen molar-refractivity contribution in [2.24, 2.45) is 5.90 Å². The quantitative estimate of drug-likeness (QED) is 0.821. The van der Waals surface area contributed by atoms with Crippen molar-refractivity contribution in [3.8, 4) is 0 Å². The monoisotopic (exact) mass is 266 g/mol. The number of aryl methyl sites for hydroxylation is 1. The first-order chi connectivity index (χ1) is 8.81. The molecule has 1 unspecified atom stereocenters. The number of alkyl carbamates (subject to hydrolysis) is 1. The van der Waals surface area contributed by atoms with Gasteiger partial charge < -0.3 is 10.1 Å². The summed E-state index contributed by atoms with van der Waals surface area (Å²) in [4.78, 5) is 16.4. The molecule has 0 spiro atoms. The molecule has 0 heterocycles. The summed E-state index contributed by atoms with van der Waals surface area (Å²) in [5, 5.41) is 2.64. The van der Waals surface area contributed by atoms with Gasteiger partial charge in [-0.15, -0.1) is 0 Å². The second-order valence-electron chi connectivity index (χ2n) is 5.42. The molecule has 5 heteroatoms. The molecular weight excluding hydrogens is 244 g/mol. The predicted octanol–water partition coefficient (Wildman–Crippen LogP) is 2.45. The summed E-state index contributed by atoms with van der Waals surface area (Å²) in [5.74, 6) is 5.26. The second kappa shape index (κ2) is 6.54. The summed E-state index contributed by atoms with van der Waals surface area (Å²) >= 11 is 0. The van der Waals surface area contributed by atoms with Crippen LogP contribution in [-0.4, -0.2) is 18.2 Å². The molecule has 1 amide bonds. The summed E-state index contributed by atoms with van der Waals surface area (Å²) < 4.78 is 5.14. The van der Waals surface area contributed by atoms with E-state index in [1.165, 1.54) is 0 Å². The predicted molar refractivity (Wildman–Crippen MR) is 73.4 cm³/mol. The SMILES string of the molecule is Cc1ccc(C(CNC(=O)OC(C)(C)C)ON)cc1. The highest BCUT2D eigenvalue weighted by molar-refractivity contribution is 5.67. The molecule has 1 rings (SSSR count). The average Bonchev–Trinajstić information content (AvgIpc) is 2.29. The van der Waals surface area contributed by atoms with Crippen molar-refractivity contribution in [3.05, 3.63) is 35.4 Å². The lowest BCUT2D eigenvalue weighted by atomic mass is 10.1. The lowest BCUT2D eigenvalue weighted by Gasteiger charge is -2.21. The van der Waals surface area contributed by atoms with E-state index in [0.29, 0.717) is 0 Å². The number of hydrogen-bond donors (Lipinski definition) is 2. The molecule has 0 aliphatic carbocycles. The van der Waals surface area contributed by atoms with Crippen molar-refractivity contribution in [2.75, 3.05) is 6.54 Å². The third-order valence-corrected chi connectivity index (χ3v) is 2.44. The van der Waals surface area contributed by atoms with Crippen LogP contribution in [0, 0.1) is 6.92 Å². The Morgan fingerprint density at radius 1 is 1.32 bits per heavy atom. The van der Waals surface area contributed by atoms with E-state index in [2.05, 4.69) is 5.32 Å². The minimum Gasteiger partial charge on any atom is -0.444 e. The van der Waals surface area contributed by atoms with Gasteiger partial charge in [0.25, 0.3) is 0 Å². The van der Waals surface area contributed by atoms with Gasteiger partial charge in [0.05, 0.1) is 6.54 Å². The van der Waals surface area contributed by atoms with Gasteiger partial charge in [0.15, 0.2) is 0 Å². The molecule has 0 radical (unpaired) electrons. The lowest BCUT2D eigenvalue weighted by Crippen LogP contribution is -2.35. The number of carbonyl (C=O) groups excluding carboxylic acids is 1. The number of nitrogens with one attached hydrogen (secondary N) is 1. The Morgan fingerprint density at radius 2 is 1.89 bits per heavy atom. The Balaban J connectivity index is 2.54. The van der Waals surface area contributed by atoms with E-state index in [1.807, 2.05) is 52.0 Å². The third-order valence-electron chi connectivity index (χ3n) is 2.44. The van der Waals surface area contributed by atoms with Gasteiger partial charge in [-0.3, -0.25) is 4.84 Å². The third kappa shape index (κ3) is 5.72. The largest absolute Gasteiger partial charge is 0.444 e. The zero-order valence-electron chi connectivity index (χ0n) is 11.9. The number of rotatable bonds is 4. The van der Waals surface area contributed by atoms with Crippen molar-refractivity contribution in [3.63, 3.8) is 0 Å². The van der Waals surface area contributed by atoms with Crippen molar-refractivity contribution in [1.29, 1.82) is 0 Å². The number of hydrogen-bond acceptors (Lipinski definition) is 4. The molecular formula is C14H22N2O3. The average molecular weight is 266 g/mol. The fourth-order valence-electron chi connectivity index (χ4n) is 1.52. The minimum atomic E-state index is -0.521. The van der Waals surface area contributed by atoms with Gasteiger partial charge in [-0.25, -0.2) is 10.7 Å². The highest BCUT2D eigenvalue weighted by Gasteiger charge is 2.18. The van der Waals surface area contributed by atoms with E-state index in [0.717, 1.165) is 11.1 Å². The van der Waals surface area contributed by atoms with E-state index in [4.69, 9.17) is 15.5 Å². The Morgan fingerprint density at radius 3 is 2.37 bits per heavy atom. The molecule has 3 N–H and O–H groups in total. The highest BCUT2D eigenvalue weighted by atomic mass is 16.6. The molecule has 19 heavy (non-hydrogen) atoms. The van der Waals surface area contributed by atoms with Gasteiger partial charge in [-0.2, -0.15) is 0 Å². The van der Waals surface area contributed by atoms with Crippen LogP contribution in [0.5, 0.6) is 0 Å². The highest BCUT2D eigenvalue weighted by Crippen LogP contribution is 2.15. The number of benzene rings is 1. The molecule has 0 bridgehead atoms. The van der Waals surface area contributed by atoms with Gasteiger partial charge in [0.1, 0.15) is 11.7 Å². The minimum absolute atomic E-state index is 0.258. The molecule has 0 aromatic heterocycles. The molecule has 106 valence electrons. The standard InChI is InChI=1S/C14H22N2O3/c1-10-5-7-11(8-6-10)12(19-15)9-16-13(17)18-14(2,3)4/h5-8,12H,9,15H2,1-4H3,(H,16,17). The summed E-state index contributed by atoms with van der Waals surface area (Å²) in [7, 11) is 0. The molecule has 0 saturated carbocycles. The molecule has 0 aliphatic heterocycles. The van der Waals surface area contributed by atoms with Crippen LogP contribution in [-0.2, 0) is 9.57 Å². The Bertz CT molecular complexity index is 410. The van der Waals surface area contributed by atoms with Crippen LogP contribution in [0.3, 0.4) is 0 Å². The first-order valence-electron chi connectivity index (χ1n) is 6.21. The fourth-order valence-corrected chi connectivity index (χ4v) is 1.52. The van der Waals surface area contributed by atoms with Crippen LogP contribution in [0.2, 0.25) is 0 Å². The van der Waals surface area contributed by atoms with Gasteiger partial charge in [0.2, 0.25) is 0 Å². The molecule has 1 aromatic rings. The van der Waals surface area contributed by atoms with Gasteiger partial charge >= 0.3 is 6.09 Å². The Kier molecular flexibility index (Phi) is 5.32. The smallest absolute Gasteiger partial charge is 0.407 e. The van der Waals surface area contributed by atoms with E-state index in [-0.39, 0.29) is 6.54 Å². The second-order valence-corrected chi connectivity index (χ2v) is 5.42. The van der Waals surface area contributed by atoms with E-state index in [9.17, 15) is 4.79 Å². The summed E-state index contributed by atoms with van der Waals surface area (Å²) in [5.41, 5.74) is 1.54. The number of ether oxygens (including phenoxy) is 1. The molecule has 1 atom stereocenters. The van der Waals surface area contributed by atoms with Crippen LogP contribution in [0.4, 0.5) is 4.79 Å². The Labute approximate surface area is 114 Å². The molecule has 0 fully saturated rings. The van der Waals surface area contributed by atoms with Gasteiger partial charge in [0, 0.05) is 0 Å². The van der Waals surface area contributed by atoms with E-state index >= 15 is 0 Å². The maximum atomic E-state index is 11.5. The van der Waals surface area contributed by atoms with Crippen molar-refractivity contribution >= 4 is 6.09 Å². The summed E-state index contributed by atoms with van der Waals surface area (Å²) in [6.07, 6.45) is -0.880. The number of nitrogens with two attached hydrogens (primary N) is 1. The Hall–Kier alpha value is -1.59. The molecule has 5 nitrogen and oxygen atoms in total. The molecule has 1 aromatic carbocycles. The van der Waals surface area contributed by atoms with Crippen molar-refractivity contribution < 1.29 is 14.4 Å². The van der Waals surface area contributed by atoms with Crippen LogP contribution in [0.1, 0.15) is 38.0 Å². The van der Waals surface area contributed by atoms with E-state index < -0.39 is 17.8 Å². The van der Waals surface area contributed by atoms with Crippen LogP contribution in [0.25, 0.3) is 0 Å². The maximum absolute atomic E-state index is 11.5. The van der Waals surface area contributed by atoms with E-state index in [1.54, 1.807) is 0 Å². The number of amides is 1. The maximum Gasteiger partial charge on any atom is 0.407 e. The first-order valence-corrected chi connectivity index (χ1v) is 6.21. The van der Waals surface area contributed by atoms with Crippen molar-refractivity contribution in [2.45, 2.75) is 39.4 Å². The zero-order chi connectivity index (χ0) is 14.5. The topological polar surface area (TPSA) is 73.6 Å². The first kappa shape index (κ1) is 15.5. The van der Waals surface area contributed by atoms with Gasteiger partial charge in [-0.1, -0.05) is 29.8 Å². The lowest BCUT2D eigenvalue weighted by molar-refractivity contribution is 0.0340. The van der Waals surface area contributed by atoms with Gasteiger partial charge in [-0.05, 0) is 33.3 Å². The molecule has 0 saturated heterocycles. The van der Waals surface area contributed by atoms with Crippen molar-refractivity contribution in [1.82, 2.24) is 5.32 Å². The number of carbonyl (C=O) groups is 1. The zero-order valence-corrected chi connectivity index (χ0v) is 11.9. The van der Waals surface area contributed by atoms with Crippen LogP contribution >= 0.6 is 0 Å². The molecule has 0 aliphatic rings. The summed E-state index contributed by atoms with van der Waals surface area (Å²) in [6, 6.07) is 7.77. The fraction of sp³-hybridized carbons (Fsp3) is 0.500. The normalized spacial score (nSPS) is 12.9. The van der Waals surface area contributed by atoms with Crippen LogP contribution < -0.4 is 11.2 Å². The summed E-state index contributed by atoms with van der Waals surface area (Å²) in [6.45, 7) is 7.69.